The maximum absolute atomic E-state index is 12.1. The van der Waals surface area contributed by atoms with E-state index in [9.17, 15) is 13.5 Å². The monoisotopic (exact) mass is 245 g/mol. The molecule has 1 N–H and O–H groups in total. The fraction of sp³-hybridized carbons (Fsp3) is 0.667. The molecule has 1 fully saturated rings. The molecule has 0 spiro atoms. The molecule has 6 nitrogen and oxygen atoms in total. The predicted molar refractivity (Wildman–Crippen MR) is 57.2 cm³/mol. The van der Waals surface area contributed by atoms with Gasteiger partial charge in [0, 0.05) is 26.3 Å². The van der Waals surface area contributed by atoms with Crippen molar-refractivity contribution in [2.75, 3.05) is 13.1 Å². The van der Waals surface area contributed by atoms with Crippen LogP contribution < -0.4 is 0 Å². The number of aliphatic hydroxyl groups excluding tert-OH is 1. The van der Waals surface area contributed by atoms with Gasteiger partial charge in [-0.2, -0.15) is 9.40 Å². The Hall–Kier alpha value is -0.920. The van der Waals surface area contributed by atoms with Crippen LogP contribution in [0.1, 0.15) is 12.8 Å². The molecule has 1 saturated heterocycles. The Balaban J connectivity index is 2.20. The molecule has 1 aliphatic heterocycles. The van der Waals surface area contributed by atoms with Crippen LogP contribution in [0.15, 0.2) is 17.3 Å². The maximum atomic E-state index is 12.1. The van der Waals surface area contributed by atoms with Crippen molar-refractivity contribution in [2.45, 2.75) is 23.8 Å². The zero-order valence-electron chi connectivity index (χ0n) is 9.07. The summed E-state index contributed by atoms with van der Waals surface area (Å²) in [5, 5.41) is 13.2. The number of aromatic nitrogens is 2. The number of aryl methyl sites for hydroxylation is 1. The molecule has 0 atom stereocenters. The van der Waals surface area contributed by atoms with Gasteiger partial charge in [-0.1, -0.05) is 0 Å². The molecule has 7 heteroatoms. The molecule has 0 amide bonds. The van der Waals surface area contributed by atoms with Crippen LogP contribution >= 0.6 is 0 Å². The number of nitrogens with zero attached hydrogens (tertiary/aromatic N) is 3. The van der Waals surface area contributed by atoms with Crippen molar-refractivity contribution in [3.8, 4) is 0 Å². The van der Waals surface area contributed by atoms with Crippen LogP contribution in [-0.2, 0) is 17.1 Å². The van der Waals surface area contributed by atoms with Crippen LogP contribution in [0.25, 0.3) is 0 Å². The quantitative estimate of drug-likeness (QED) is 0.767. The van der Waals surface area contributed by atoms with E-state index in [1.807, 2.05) is 0 Å². The van der Waals surface area contributed by atoms with E-state index >= 15 is 0 Å². The van der Waals surface area contributed by atoms with Gasteiger partial charge in [0.15, 0.2) is 0 Å². The second-order valence-corrected chi connectivity index (χ2v) is 5.92. The van der Waals surface area contributed by atoms with E-state index in [1.54, 1.807) is 7.05 Å². The van der Waals surface area contributed by atoms with Gasteiger partial charge in [0.1, 0.15) is 4.90 Å². The first-order chi connectivity index (χ1) is 7.50. The smallest absolute Gasteiger partial charge is 0.246 e. The zero-order valence-corrected chi connectivity index (χ0v) is 9.89. The molecule has 1 aromatic heterocycles. The normalized spacial score (nSPS) is 20.1. The number of aliphatic hydroxyl groups is 1. The lowest BCUT2D eigenvalue weighted by molar-refractivity contribution is 0.113. The van der Waals surface area contributed by atoms with Gasteiger partial charge in [-0.15, -0.1) is 0 Å². The number of hydrogen-bond donors (Lipinski definition) is 1. The van der Waals surface area contributed by atoms with E-state index in [1.165, 1.54) is 21.4 Å². The summed E-state index contributed by atoms with van der Waals surface area (Å²) in [7, 11) is -1.75. The SMILES string of the molecule is Cn1cc(S(=O)(=O)N2CCC(O)CC2)cn1. The Morgan fingerprint density at radius 3 is 2.56 bits per heavy atom. The van der Waals surface area contributed by atoms with Gasteiger partial charge in [-0.25, -0.2) is 8.42 Å². The summed E-state index contributed by atoms with van der Waals surface area (Å²) in [6.07, 6.45) is 3.46. The highest BCUT2D eigenvalue weighted by molar-refractivity contribution is 7.89. The average molecular weight is 245 g/mol. The minimum atomic E-state index is -3.43. The molecular weight excluding hydrogens is 230 g/mol. The van der Waals surface area contributed by atoms with Crippen molar-refractivity contribution < 1.29 is 13.5 Å². The molecule has 0 bridgehead atoms. The van der Waals surface area contributed by atoms with Crippen molar-refractivity contribution in [2.24, 2.45) is 7.05 Å². The fourth-order valence-electron chi connectivity index (χ4n) is 1.76. The lowest BCUT2D eigenvalue weighted by Crippen LogP contribution is -2.39. The van der Waals surface area contributed by atoms with Crippen LogP contribution in [0, 0.1) is 0 Å². The van der Waals surface area contributed by atoms with Crippen molar-refractivity contribution >= 4 is 10.0 Å². The molecule has 16 heavy (non-hydrogen) atoms. The van der Waals surface area contributed by atoms with Gasteiger partial charge in [0.25, 0.3) is 0 Å². The van der Waals surface area contributed by atoms with Crippen LogP contribution in [-0.4, -0.2) is 46.8 Å². The van der Waals surface area contributed by atoms with E-state index in [4.69, 9.17) is 0 Å². The summed E-state index contributed by atoms with van der Waals surface area (Å²) in [6, 6.07) is 0. The minimum Gasteiger partial charge on any atom is -0.393 e. The highest BCUT2D eigenvalue weighted by Crippen LogP contribution is 2.19. The minimum absolute atomic E-state index is 0.214. The second-order valence-electron chi connectivity index (χ2n) is 3.98. The lowest BCUT2D eigenvalue weighted by Gasteiger charge is -2.28. The molecular formula is C9H15N3O3S. The van der Waals surface area contributed by atoms with Gasteiger partial charge in [0.2, 0.25) is 10.0 Å². The first-order valence-corrected chi connectivity index (χ1v) is 6.61. The van der Waals surface area contributed by atoms with Crippen molar-refractivity contribution in [1.29, 1.82) is 0 Å². The first kappa shape index (κ1) is 11.6. The van der Waals surface area contributed by atoms with E-state index < -0.39 is 10.0 Å². The van der Waals surface area contributed by atoms with Gasteiger partial charge in [-0.3, -0.25) is 4.68 Å². The van der Waals surface area contributed by atoms with Crippen LogP contribution in [0.5, 0.6) is 0 Å². The van der Waals surface area contributed by atoms with Crippen molar-refractivity contribution in [3.05, 3.63) is 12.4 Å². The average Bonchev–Trinajstić information content (AvgIpc) is 2.66. The third-order valence-electron chi connectivity index (χ3n) is 2.74. The van der Waals surface area contributed by atoms with Crippen molar-refractivity contribution in [3.63, 3.8) is 0 Å². The van der Waals surface area contributed by atoms with Crippen LogP contribution in [0.4, 0.5) is 0 Å². The Morgan fingerprint density at radius 2 is 2.06 bits per heavy atom. The molecule has 2 rings (SSSR count). The van der Waals surface area contributed by atoms with E-state index in [0.717, 1.165) is 0 Å². The topological polar surface area (TPSA) is 75.4 Å². The van der Waals surface area contributed by atoms with E-state index in [0.29, 0.717) is 25.9 Å². The van der Waals surface area contributed by atoms with Gasteiger partial charge >= 0.3 is 0 Å². The Morgan fingerprint density at radius 1 is 1.44 bits per heavy atom. The first-order valence-electron chi connectivity index (χ1n) is 5.17. The Bertz CT molecular complexity index is 460. The molecule has 0 aromatic carbocycles. The molecule has 1 aromatic rings. The summed E-state index contributed by atoms with van der Waals surface area (Å²) < 4.78 is 27.1. The summed E-state index contributed by atoms with van der Waals surface area (Å²) in [5.41, 5.74) is 0. The predicted octanol–water partition coefficient (Wildman–Crippen LogP) is -0.435. The number of sulfonamides is 1. The van der Waals surface area contributed by atoms with Gasteiger partial charge in [0.05, 0.1) is 12.3 Å². The molecule has 0 aliphatic carbocycles. The summed E-state index contributed by atoms with van der Waals surface area (Å²) in [4.78, 5) is 0.214. The summed E-state index contributed by atoms with van der Waals surface area (Å²) >= 11 is 0. The number of rotatable bonds is 2. The molecule has 90 valence electrons. The van der Waals surface area contributed by atoms with E-state index in [-0.39, 0.29) is 11.0 Å². The van der Waals surface area contributed by atoms with E-state index in [2.05, 4.69) is 5.10 Å². The summed E-state index contributed by atoms with van der Waals surface area (Å²) in [6.45, 7) is 0.747. The Kier molecular flexibility index (Phi) is 3.00. The fourth-order valence-corrected chi connectivity index (χ4v) is 3.22. The van der Waals surface area contributed by atoms with Gasteiger partial charge < -0.3 is 5.11 Å². The van der Waals surface area contributed by atoms with Crippen molar-refractivity contribution in [1.82, 2.24) is 14.1 Å². The largest absolute Gasteiger partial charge is 0.393 e. The molecule has 0 unspecified atom stereocenters. The standard InChI is InChI=1S/C9H15N3O3S/c1-11-7-9(6-10-11)16(14,15)12-4-2-8(13)3-5-12/h6-8,13H,2-5H2,1H3. The molecule has 2 heterocycles. The lowest BCUT2D eigenvalue weighted by atomic mass is 10.1. The highest BCUT2D eigenvalue weighted by Gasteiger charge is 2.29. The second kappa shape index (κ2) is 4.15. The third-order valence-corrected chi connectivity index (χ3v) is 4.59. The third kappa shape index (κ3) is 2.11. The van der Waals surface area contributed by atoms with Gasteiger partial charge in [-0.05, 0) is 12.8 Å². The number of hydrogen-bond acceptors (Lipinski definition) is 4. The molecule has 0 saturated carbocycles. The molecule has 0 radical (unpaired) electrons. The van der Waals surface area contributed by atoms with Crippen LogP contribution in [0.2, 0.25) is 0 Å². The Labute approximate surface area is 94.5 Å². The molecule has 1 aliphatic rings. The summed E-state index contributed by atoms with van der Waals surface area (Å²) in [5.74, 6) is 0. The highest BCUT2D eigenvalue weighted by atomic mass is 32.2. The van der Waals surface area contributed by atoms with Crippen LogP contribution in [0.3, 0.4) is 0 Å². The zero-order chi connectivity index (χ0) is 11.8. The number of piperidine rings is 1. The maximum Gasteiger partial charge on any atom is 0.246 e.